The van der Waals surface area contributed by atoms with Gasteiger partial charge in [-0.2, -0.15) is 0 Å². The van der Waals surface area contributed by atoms with Crippen LogP contribution in [0.2, 0.25) is 0 Å². The summed E-state index contributed by atoms with van der Waals surface area (Å²) in [5.41, 5.74) is 5.46. The van der Waals surface area contributed by atoms with Crippen molar-refractivity contribution < 1.29 is 83.6 Å². The molecule has 0 aromatic rings. The van der Waals surface area contributed by atoms with E-state index in [0.717, 1.165) is 0 Å². The Kier molecular flexibility index (Phi) is 26.7. The van der Waals surface area contributed by atoms with Crippen molar-refractivity contribution in [2.45, 2.75) is 76.5 Å². The van der Waals surface area contributed by atoms with E-state index in [1.54, 1.807) is 0 Å². The second-order valence-corrected chi connectivity index (χ2v) is 10.8. The van der Waals surface area contributed by atoms with Gasteiger partial charge in [0.2, 0.25) is 0 Å². The standard InChI is InChI=1S/C6H13NO2.3C6H12O3.5H2O/c1-3-4(2-8)5(7)6(3)9;3*1-3-4(2-7)6(9)5(3)8;;;;;/h3-6,8-9H,2,7H2,1H3;3*3-9H,2H2,1H3;5*1H2. The molecule has 0 bridgehead atoms. The number of nitrogens with two attached hydrogens (primary N) is 1. The molecule has 4 rings (SSSR count). The third-order valence-corrected chi connectivity index (χ3v) is 8.95. The monoisotopic (exact) mass is 617 g/mol. The number of aliphatic hydroxyl groups is 11. The fraction of sp³-hybridized carbons (Fsp3) is 1.00. The molecule has 4 aliphatic carbocycles. The largest absolute Gasteiger partial charge is 0.412 e. The third-order valence-electron chi connectivity index (χ3n) is 8.95. The molecule has 0 aromatic heterocycles. The van der Waals surface area contributed by atoms with Crippen molar-refractivity contribution in [3.05, 3.63) is 0 Å². The van der Waals surface area contributed by atoms with Gasteiger partial charge in [0.25, 0.3) is 0 Å². The Hall–Kier alpha value is -0.680. The van der Waals surface area contributed by atoms with Gasteiger partial charge >= 0.3 is 0 Å². The van der Waals surface area contributed by atoms with Crippen molar-refractivity contribution in [3.8, 4) is 0 Å². The molecule has 16 unspecified atom stereocenters. The molecular formula is C24H59NO16. The molecule has 0 aliphatic heterocycles. The summed E-state index contributed by atoms with van der Waals surface area (Å²) < 4.78 is 0. The predicted molar refractivity (Wildman–Crippen MR) is 147 cm³/mol. The van der Waals surface area contributed by atoms with Crippen LogP contribution in [0.1, 0.15) is 27.7 Å². The first-order chi connectivity index (χ1) is 16.7. The van der Waals surface area contributed by atoms with Crippen LogP contribution in [0.4, 0.5) is 0 Å². The maximum atomic E-state index is 9.05. The molecule has 0 heterocycles. The highest BCUT2D eigenvalue weighted by Gasteiger charge is 2.47. The lowest BCUT2D eigenvalue weighted by molar-refractivity contribution is -0.160. The Morgan fingerprint density at radius 2 is 0.561 bits per heavy atom. The SMILES string of the molecule is CC1C(O)C(N)C1CO.CC1C(O)C(O)C1CO.CC1C(O)C(O)C1CO.CC1C(O)C(O)C1CO.O.O.O.O.O. The molecule has 0 radical (unpaired) electrons. The Morgan fingerprint density at radius 3 is 0.659 bits per heavy atom. The minimum atomic E-state index is -0.704. The van der Waals surface area contributed by atoms with Gasteiger partial charge in [-0.05, 0) is 23.7 Å². The topological polar surface area (TPSA) is 406 Å². The Labute approximate surface area is 240 Å². The van der Waals surface area contributed by atoms with E-state index in [1.807, 2.05) is 27.7 Å². The van der Waals surface area contributed by atoms with Gasteiger partial charge < -0.3 is 89.3 Å². The fourth-order valence-corrected chi connectivity index (χ4v) is 5.12. The Morgan fingerprint density at radius 1 is 0.366 bits per heavy atom. The highest BCUT2D eigenvalue weighted by Crippen LogP contribution is 2.35. The highest BCUT2D eigenvalue weighted by atomic mass is 16.3. The summed E-state index contributed by atoms with van der Waals surface area (Å²) in [5.74, 6) is 0.0880. The van der Waals surface area contributed by atoms with Crippen molar-refractivity contribution in [2.75, 3.05) is 26.4 Å². The fourth-order valence-electron chi connectivity index (χ4n) is 5.12. The van der Waals surface area contributed by atoms with Crippen molar-refractivity contribution >= 4 is 0 Å². The van der Waals surface area contributed by atoms with E-state index in [2.05, 4.69) is 0 Å². The van der Waals surface area contributed by atoms with E-state index in [4.69, 9.17) is 61.9 Å². The van der Waals surface area contributed by atoms with Crippen LogP contribution in [0.25, 0.3) is 0 Å². The van der Waals surface area contributed by atoms with Crippen molar-refractivity contribution in [3.63, 3.8) is 0 Å². The molecule has 0 aromatic carbocycles. The second-order valence-electron chi connectivity index (χ2n) is 10.8. The van der Waals surface area contributed by atoms with E-state index in [-0.39, 0.29) is 107 Å². The molecule has 17 nitrogen and oxygen atoms in total. The molecule has 0 spiro atoms. The number of rotatable bonds is 4. The van der Waals surface area contributed by atoms with Gasteiger partial charge in [-0.3, -0.25) is 0 Å². The average Bonchev–Trinajstić information content (AvgIpc) is 2.90. The minimum Gasteiger partial charge on any atom is -0.412 e. The van der Waals surface area contributed by atoms with E-state index in [9.17, 15) is 0 Å². The molecule has 4 aliphatic rings. The zero-order valence-electron chi connectivity index (χ0n) is 24.1. The molecule has 4 saturated carbocycles. The van der Waals surface area contributed by atoms with Crippen LogP contribution in [-0.4, -0.2) is 159 Å². The number of hydrogen-bond donors (Lipinski definition) is 12. The van der Waals surface area contributed by atoms with E-state index < -0.39 is 42.7 Å². The summed E-state index contributed by atoms with van der Waals surface area (Å²) in [4.78, 5) is 0. The van der Waals surface area contributed by atoms with Gasteiger partial charge in [-0.25, -0.2) is 0 Å². The lowest BCUT2D eigenvalue weighted by Gasteiger charge is -2.44. The lowest BCUT2D eigenvalue weighted by Crippen LogP contribution is -2.60. The molecule has 4 fully saturated rings. The quantitative estimate of drug-likeness (QED) is 0.140. The minimum absolute atomic E-state index is 0. The van der Waals surface area contributed by atoms with Crippen molar-refractivity contribution in [1.29, 1.82) is 0 Å². The average molecular weight is 618 g/mol. The zero-order chi connectivity index (χ0) is 28.1. The molecule has 41 heavy (non-hydrogen) atoms. The first-order valence-corrected chi connectivity index (χ1v) is 12.7. The summed E-state index contributed by atoms with van der Waals surface area (Å²) in [7, 11) is 0. The molecule has 17 heteroatoms. The smallest absolute Gasteiger partial charge is 0.0855 e. The zero-order valence-corrected chi connectivity index (χ0v) is 24.1. The number of hydrogen-bond acceptors (Lipinski definition) is 12. The molecule has 256 valence electrons. The van der Waals surface area contributed by atoms with Gasteiger partial charge in [0, 0.05) is 56.1 Å². The first kappa shape index (κ1) is 50.0. The van der Waals surface area contributed by atoms with Crippen molar-refractivity contribution in [1.82, 2.24) is 0 Å². The van der Waals surface area contributed by atoms with Gasteiger partial charge in [0.15, 0.2) is 0 Å². The summed E-state index contributed by atoms with van der Waals surface area (Å²) in [5, 5.41) is 97.0. The van der Waals surface area contributed by atoms with Crippen LogP contribution in [-0.2, 0) is 0 Å². The van der Waals surface area contributed by atoms with Crippen LogP contribution in [0.3, 0.4) is 0 Å². The molecule has 23 N–H and O–H groups in total. The van der Waals surface area contributed by atoms with Gasteiger partial charge in [0.1, 0.15) is 0 Å². The maximum Gasteiger partial charge on any atom is 0.0855 e. The summed E-state index contributed by atoms with van der Waals surface area (Å²) in [6.07, 6.45) is -4.38. The predicted octanol–water partition coefficient (Wildman–Crippen LogP) is -8.29. The normalized spacial score (nSPS) is 44.5. The van der Waals surface area contributed by atoms with Gasteiger partial charge in [-0.15, -0.1) is 0 Å². The molecule has 0 saturated heterocycles. The first-order valence-electron chi connectivity index (χ1n) is 12.7. The maximum absolute atomic E-state index is 9.05. The second kappa shape index (κ2) is 21.9. The van der Waals surface area contributed by atoms with E-state index >= 15 is 0 Å². The van der Waals surface area contributed by atoms with Crippen LogP contribution in [0.5, 0.6) is 0 Å². The van der Waals surface area contributed by atoms with E-state index in [1.165, 1.54) is 0 Å². The summed E-state index contributed by atoms with van der Waals surface area (Å²) in [6, 6.07) is -0.204. The lowest BCUT2D eigenvalue weighted by atomic mass is 9.68. The van der Waals surface area contributed by atoms with Crippen LogP contribution in [0, 0.1) is 47.3 Å². The molecule has 16 atom stereocenters. The third kappa shape index (κ3) is 10.8. The van der Waals surface area contributed by atoms with Crippen LogP contribution >= 0.6 is 0 Å². The van der Waals surface area contributed by atoms with Crippen LogP contribution < -0.4 is 5.73 Å². The van der Waals surface area contributed by atoms with Gasteiger partial charge in [-0.1, -0.05) is 27.7 Å². The Balaban J connectivity index is -0.000000135. The molecular weight excluding hydrogens is 558 g/mol. The Bertz CT molecular complexity index is 494. The van der Waals surface area contributed by atoms with Gasteiger partial charge in [0.05, 0.1) is 42.7 Å². The molecule has 0 amide bonds. The number of aliphatic hydroxyl groups excluding tert-OH is 11. The van der Waals surface area contributed by atoms with Crippen molar-refractivity contribution in [2.24, 2.45) is 53.1 Å². The van der Waals surface area contributed by atoms with Crippen LogP contribution in [0.15, 0.2) is 0 Å². The summed E-state index contributed by atoms with van der Waals surface area (Å²) >= 11 is 0. The summed E-state index contributed by atoms with van der Waals surface area (Å²) in [6.45, 7) is 7.36. The van der Waals surface area contributed by atoms with E-state index in [0.29, 0.717) is 0 Å². The highest BCUT2D eigenvalue weighted by molar-refractivity contribution is 4.98.